The van der Waals surface area contributed by atoms with Crippen LogP contribution in [0.1, 0.15) is 37.0 Å². The van der Waals surface area contributed by atoms with Crippen molar-refractivity contribution in [2.75, 3.05) is 65.2 Å². The Balaban J connectivity index is 1.44. The third-order valence-corrected chi connectivity index (χ3v) is 8.44. The van der Waals surface area contributed by atoms with Crippen LogP contribution in [0.25, 0.3) is 0 Å². The van der Waals surface area contributed by atoms with Crippen LogP contribution in [0.15, 0.2) is 17.2 Å². The van der Waals surface area contributed by atoms with Crippen LogP contribution in [-0.2, 0) is 14.8 Å². The van der Waals surface area contributed by atoms with Gasteiger partial charge in [0.1, 0.15) is 0 Å². The number of sulfonamides is 1. The molecular formula is C21H34N6O4S. The van der Waals surface area contributed by atoms with Crippen molar-refractivity contribution >= 4 is 15.9 Å². The maximum atomic E-state index is 13.1. The molecule has 4 heterocycles. The lowest BCUT2D eigenvalue weighted by atomic mass is 9.77. The van der Waals surface area contributed by atoms with Gasteiger partial charge in [-0.05, 0) is 31.6 Å². The molecule has 1 atom stereocenters. The number of hydrogen-bond acceptors (Lipinski definition) is 8. The Morgan fingerprint density at radius 3 is 2.47 bits per heavy atom. The van der Waals surface area contributed by atoms with E-state index < -0.39 is 10.0 Å². The van der Waals surface area contributed by atoms with E-state index in [0.717, 1.165) is 58.5 Å². The van der Waals surface area contributed by atoms with E-state index in [-0.39, 0.29) is 17.4 Å². The molecule has 4 rings (SSSR count). The van der Waals surface area contributed by atoms with Crippen LogP contribution in [0.4, 0.5) is 0 Å². The predicted octanol–water partition coefficient (Wildman–Crippen LogP) is 0.497. The van der Waals surface area contributed by atoms with Crippen LogP contribution in [0.2, 0.25) is 0 Å². The second kappa shape index (κ2) is 9.20. The Morgan fingerprint density at radius 2 is 1.91 bits per heavy atom. The zero-order valence-corrected chi connectivity index (χ0v) is 19.9. The second-order valence-corrected chi connectivity index (χ2v) is 11.4. The molecule has 0 aliphatic carbocycles. The third kappa shape index (κ3) is 5.05. The number of piperazine rings is 1. The van der Waals surface area contributed by atoms with Gasteiger partial charge in [0.05, 0.1) is 18.8 Å². The molecule has 3 aliphatic heterocycles. The molecule has 0 aromatic carbocycles. The van der Waals surface area contributed by atoms with E-state index in [1.807, 2.05) is 11.0 Å². The molecule has 0 radical (unpaired) electrons. The summed E-state index contributed by atoms with van der Waals surface area (Å²) in [5.41, 5.74) is -0.0445. The van der Waals surface area contributed by atoms with E-state index >= 15 is 0 Å². The van der Waals surface area contributed by atoms with Gasteiger partial charge in [0.15, 0.2) is 5.82 Å². The van der Waals surface area contributed by atoms with Crippen molar-refractivity contribution in [1.29, 1.82) is 0 Å². The van der Waals surface area contributed by atoms with Gasteiger partial charge >= 0.3 is 0 Å². The average Bonchev–Trinajstić information content (AvgIpc) is 3.32. The van der Waals surface area contributed by atoms with Crippen LogP contribution in [0.5, 0.6) is 0 Å². The van der Waals surface area contributed by atoms with E-state index in [9.17, 15) is 13.2 Å². The Morgan fingerprint density at radius 1 is 1.22 bits per heavy atom. The summed E-state index contributed by atoms with van der Waals surface area (Å²) in [5.74, 6) is 1.25. The molecule has 1 spiro atoms. The first-order valence-electron chi connectivity index (χ1n) is 11.3. The molecule has 0 bridgehead atoms. The second-order valence-electron chi connectivity index (χ2n) is 9.44. The summed E-state index contributed by atoms with van der Waals surface area (Å²) in [6.07, 6.45) is 5.51. The van der Waals surface area contributed by atoms with Crippen LogP contribution >= 0.6 is 0 Å². The fourth-order valence-electron chi connectivity index (χ4n) is 5.29. The van der Waals surface area contributed by atoms with Gasteiger partial charge in [-0.15, -0.1) is 6.58 Å². The van der Waals surface area contributed by atoms with Gasteiger partial charge < -0.3 is 9.42 Å². The minimum atomic E-state index is -3.18. The van der Waals surface area contributed by atoms with Gasteiger partial charge in [-0.3, -0.25) is 14.6 Å². The van der Waals surface area contributed by atoms with Crippen LogP contribution < -0.4 is 0 Å². The van der Waals surface area contributed by atoms with Gasteiger partial charge in [0, 0.05) is 52.4 Å². The highest BCUT2D eigenvalue weighted by atomic mass is 32.2. The molecule has 10 nitrogen and oxygen atoms in total. The van der Waals surface area contributed by atoms with Crippen LogP contribution in [0, 0.1) is 12.3 Å². The van der Waals surface area contributed by atoms with E-state index in [1.165, 1.54) is 6.26 Å². The third-order valence-electron chi connectivity index (χ3n) is 7.14. The molecule has 3 saturated heterocycles. The zero-order chi connectivity index (χ0) is 22.9. The van der Waals surface area contributed by atoms with Crippen molar-refractivity contribution < 1.29 is 17.7 Å². The number of piperidine rings is 1. The summed E-state index contributed by atoms with van der Waals surface area (Å²) in [6.45, 7) is 11.7. The fourth-order valence-corrected chi connectivity index (χ4v) is 6.14. The smallest absolute Gasteiger partial charge is 0.244 e. The SMILES string of the molecule is C=CCN1CCN(C(=O)CN2CC3(CCN(S(C)(=O)=O)CC3)CC2c2nc(C)no2)CC1. The molecule has 11 heteroatoms. The van der Waals surface area contributed by atoms with Crippen molar-refractivity contribution in [3.8, 4) is 0 Å². The quantitative estimate of drug-likeness (QED) is 0.559. The molecule has 0 N–H and O–H groups in total. The van der Waals surface area contributed by atoms with Gasteiger partial charge in [0.2, 0.25) is 21.8 Å². The molecule has 3 fully saturated rings. The van der Waals surface area contributed by atoms with Crippen LogP contribution in [-0.4, -0.2) is 109 Å². The summed E-state index contributed by atoms with van der Waals surface area (Å²) < 4.78 is 31.0. The number of amides is 1. The van der Waals surface area contributed by atoms with E-state index in [2.05, 4.69) is 26.5 Å². The van der Waals surface area contributed by atoms with Crippen LogP contribution in [0.3, 0.4) is 0 Å². The summed E-state index contributed by atoms with van der Waals surface area (Å²) in [5, 5.41) is 3.96. The first kappa shape index (κ1) is 23.3. The molecular weight excluding hydrogens is 432 g/mol. The number of hydrogen-bond donors (Lipinski definition) is 0. The van der Waals surface area contributed by atoms with Gasteiger partial charge in [0.25, 0.3) is 0 Å². The van der Waals surface area contributed by atoms with Crippen molar-refractivity contribution in [3.63, 3.8) is 0 Å². The molecule has 1 aromatic heterocycles. The lowest BCUT2D eigenvalue weighted by Gasteiger charge is -2.38. The number of carbonyl (C=O) groups is 1. The summed E-state index contributed by atoms with van der Waals surface area (Å²) in [7, 11) is -3.18. The highest BCUT2D eigenvalue weighted by Gasteiger charge is 2.49. The Bertz CT molecular complexity index is 932. The first-order valence-corrected chi connectivity index (χ1v) is 13.1. The standard InChI is InChI=1S/C21H34N6O4S/c1-4-7-24-10-12-25(13-11-24)19(28)15-26-16-21(5-8-27(9-6-21)32(3,29)30)14-18(26)20-22-17(2)23-31-20/h4,18H,1,5-16H2,2-3H3. The van der Waals surface area contributed by atoms with Crippen molar-refractivity contribution in [1.82, 2.24) is 29.1 Å². The molecule has 178 valence electrons. The number of nitrogens with zero attached hydrogens (tertiary/aromatic N) is 6. The number of carbonyl (C=O) groups excluding carboxylic acids is 1. The highest BCUT2D eigenvalue weighted by Crippen LogP contribution is 2.48. The number of aromatic nitrogens is 2. The zero-order valence-electron chi connectivity index (χ0n) is 19.1. The summed E-state index contributed by atoms with van der Waals surface area (Å²) >= 11 is 0. The molecule has 1 aromatic rings. The van der Waals surface area contributed by atoms with E-state index in [4.69, 9.17) is 4.52 Å². The van der Waals surface area contributed by atoms with E-state index in [1.54, 1.807) is 11.2 Å². The minimum Gasteiger partial charge on any atom is -0.339 e. The lowest BCUT2D eigenvalue weighted by molar-refractivity contribution is -0.134. The minimum absolute atomic E-state index is 0.0445. The highest BCUT2D eigenvalue weighted by molar-refractivity contribution is 7.88. The molecule has 1 amide bonds. The first-order chi connectivity index (χ1) is 15.2. The Kier molecular flexibility index (Phi) is 6.71. The monoisotopic (exact) mass is 466 g/mol. The number of rotatable bonds is 6. The maximum Gasteiger partial charge on any atom is 0.244 e. The average molecular weight is 467 g/mol. The van der Waals surface area contributed by atoms with Gasteiger partial charge in [-0.25, -0.2) is 12.7 Å². The predicted molar refractivity (Wildman–Crippen MR) is 119 cm³/mol. The maximum absolute atomic E-state index is 13.1. The molecule has 1 unspecified atom stereocenters. The fraction of sp³-hybridized carbons (Fsp3) is 0.762. The van der Waals surface area contributed by atoms with Gasteiger partial charge in [-0.2, -0.15) is 4.98 Å². The lowest BCUT2D eigenvalue weighted by Crippen LogP contribution is -2.51. The Hall–Kier alpha value is -1.82. The van der Waals surface area contributed by atoms with Gasteiger partial charge in [-0.1, -0.05) is 11.2 Å². The number of aryl methyl sites for hydroxylation is 1. The van der Waals surface area contributed by atoms with Crippen molar-refractivity contribution in [2.45, 2.75) is 32.2 Å². The van der Waals surface area contributed by atoms with Crippen molar-refractivity contribution in [3.05, 3.63) is 24.4 Å². The molecule has 32 heavy (non-hydrogen) atoms. The normalized spacial score (nSPS) is 25.4. The summed E-state index contributed by atoms with van der Waals surface area (Å²) in [6, 6.07) is -0.119. The summed E-state index contributed by atoms with van der Waals surface area (Å²) in [4.78, 5) is 24.0. The molecule has 0 saturated carbocycles. The largest absolute Gasteiger partial charge is 0.339 e. The topological polar surface area (TPSA) is 103 Å². The number of likely N-dealkylation sites (tertiary alicyclic amines) is 1. The van der Waals surface area contributed by atoms with Crippen molar-refractivity contribution in [2.24, 2.45) is 5.41 Å². The Labute approximate surface area is 190 Å². The van der Waals surface area contributed by atoms with E-state index in [0.29, 0.717) is 31.3 Å². The molecule has 3 aliphatic rings.